The SMILES string of the molecule is Nc1nnc(-c2ccccc2O)cc1-c1cnn(C2CCC(C=O)CC2)c1. The Labute approximate surface area is 156 Å². The van der Waals surface area contributed by atoms with Crippen molar-refractivity contribution in [2.24, 2.45) is 5.92 Å². The van der Waals surface area contributed by atoms with Crippen molar-refractivity contribution in [1.82, 2.24) is 20.0 Å². The number of para-hydroxylation sites is 1. The first-order valence-electron chi connectivity index (χ1n) is 9.07. The summed E-state index contributed by atoms with van der Waals surface area (Å²) >= 11 is 0. The molecular formula is C20H21N5O2. The molecule has 0 unspecified atom stereocenters. The summed E-state index contributed by atoms with van der Waals surface area (Å²) in [4.78, 5) is 10.9. The van der Waals surface area contributed by atoms with E-state index in [0.29, 0.717) is 23.1 Å². The van der Waals surface area contributed by atoms with Gasteiger partial charge in [0.2, 0.25) is 0 Å². The molecule has 0 spiro atoms. The van der Waals surface area contributed by atoms with Crippen LogP contribution in [0.1, 0.15) is 31.7 Å². The first-order valence-corrected chi connectivity index (χ1v) is 9.07. The number of phenols is 1. The molecule has 0 radical (unpaired) electrons. The molecule has 3 N–H and O–H groups in total. The lowest BCUT2D eigenvalue weighted by molar-refractivity contribution is -0.112. The molecule has 0 aliphatic heterocycles. The van der Waals surface area contributed by atoms with Gasteiger partial charge in [-0.1, -0.05) is 12.1 Å². The minimum atomic E-state index is 0.144. The van der Waals surface area contributed by atoms with Gasteiger partial charge in [0.25, 0.3) is 0 Å². The quantitative estimate of drug-likeness (QED) is 0.689. The van der Waals surface area contributed by atoms with E-state index >= 15 is 0 Å². The first-order chi connectivity index (χ1) is 13.2. The number of nitrogen functional groups attached to an aromatic ring is 1. The Hall–Kier alpha value is -3.22. The number of carbonyl (C=O) groups is 1. The van der Waals surface area contributed by atoms with Crippen molar-refractivity contribution in [3.05, 3.63) is 42.7 Å². The predicted octanol–water partition coefficient (Wildman–Crippen LogP) is 3.23. The third kappa shape index (κ3) is 3.40. The van der Waals surface area contributed by atoms with E-state index in [0.717, 1.165) is 43.1 Å². The molecule has 1 aliphatic rings. The van der Waals surface area contributed by atoms with Crippen LogP contribution < -0.4 is 5.73 Å². The molecule has 1 aliphatic carbocycles. The molecule has 0 amide bonds. The number of hydrogen-bond acceptors (Lipinski definition) is 6. The van der Waals surface area contributed by atoms with E-state index in [1.165, 1.54) is 0 Å². The van der Waals surface area contributed by atoms with Crippen molar-refractivity contribution in [2.45, 2.75) is 31.7 Å². The summed E-state index contributed by atoms with van der Waals surface area (Å²) in [5.74, 6) is 0.640. The molecule has 2 aromatic heterocycles. The summed E-state index contributed by atoms with van der Waals surface area (Å²) in [5.41, 5.74) is 8.79. The number of hydrogen-bond donors (Lipinski definition) is 2. The van der Waals surface area contributed by atoms with Gasteiger partial charge in [0.1, 0.15) is 12.0 Å². The Morgan fingerprint density at radius 2 is 1.89 bits per heavy atom. The van der Waals surface area contributed by atoms with Gasteiger partial charge in [-0.25, -0.2) is 0 Å². The summed E-state index contributed by atoms with van der Waals surface area (Å²) in [6, 6.07) is 9.11. The van der Waals surface area contributed by atoms with Crippen LogP contribution in [-0.4, -0.2) is 31.4 Å². The average Bonchev–Trinajstić information content (AvgIpc) is 3.19. The van der Waals surface area contributed by atoms with Crippen LogP contribution in [0, 0.1) is 5.92 Å². The van der Waals surface area contributed by atoms with Gasteiger partial charge in [-0.3, -0.25) is 4.68 Å². The molecule has 138 valence electrons. The van der Waals surface area contributed by atoms with Crippen LogP contribution in [-0.2, 0) is 4.79 Å². The van der Waals surface area contributed by atoms with E-state index in [4.69, 9.17) is 5.73 Å². The molecule has 1 saturated carbocycles. The predicted molar refractivity (Wildman–Crippen MR) is 102 cm³/mol. The van der Waals surface area contributed by atoms with Crippen LogP contribution in [0.2, 0.25) is 0 Å². The van der Waals surface area contributed by atoms with Crippen molar-refractivity contribution in [2.75, 3.05) is 5.73 Å². The summed E-state index contributed by atoms with van der Waals surface area (Å²) in [5, 5.41) is 22.7. The number of nitrogens with two attached hydrogens (primary N) is 1. The molecule has 7 heteroatoms. The lowest BCUT2D eigenvalue weighted by Gasteiger charge is -2.25. The summed E-state index contributed by atoms with van der Waals surface area (Å²) in [7, 11) is 0. The van der Waals surface area contributed by atoms with Gasteiger partial charge in [-0.15, -0.1) is 10.2 Å². The van der Waals surface area contributed by atoms with E-state index in [1.807, 2.05) is 23.0 Å². The molecular weight excluding hydrogens is 342 g/mol. The largest absolute Gasteiger partial charge is 0.507 e. The van der Waals surface area contributed by atoms with Crippen LogP contribution in [0.25, 0.3) is 22.4 Å². The smallest absolute Gasteiger partial charge is 0.154 e. The van der Waals surface area contributed by atoms with E-state index < -0.39 is 0 Å². The zero-order valence-electron chi connectivity index (χ0n) is 14.8. The van der Waals surface area contributed by atoms with Gasteiger partial charge < -0.3 is 15.6 Å². The van der Waals surface area contributed by atoms with Crippen LogP contribution >= 0.6 is 0 Å². The second kappa shape index (κ2) is 7.19. The van der Waals surface area contributed by atoms with Crippen molar-refractivity contribution in [1.29, 1.82) is 0 Å². The number of aromatic hydroxyl groups is 1. The van der Waals surface area contributed by atoms with E-state index in [9.17, 15) is 9.90 Å². The standard InChI is InChI=1S/C20H21N5O2/c21-20-17(9-18(23-24-20)16-3-1-2-4-19(16)27)14-10-22-25(11-14)15-7-5-13(12-26)6-8-15/h1-4,9-13,15,27H,5-8H2,(H2,21,24). The van der Waals surface area contributed by atoms with E-state index in [1.54, 1.807) is 24.4 Å². The first kappa shape index (κ1) is 17.2. The minimum absolute atomic E-state index is 0.144. The van der Waals surface area contributed by atoms with Gasteiger partial charge in [0.15, 0.2) is 5.82 Å². The fourth-order valence-electron chi connectivity index (χ4n) is 3.63. The maximum absolute atomic E-state index is 10.9. The Kier molecular flexibility index (Phi) is 4.58. The fraction of sp³-hybridized carbons (Fsp3) is 0.300. The normalized spacial score (nSPS) is 19.7. The summed E-state index contributed by atoms with van der Waals surface area (Å²) < 4.78 is 1.95. The van der Waals surface area contributed by atoms with Gasteiger partial charge in [-0.05, 0) is 43.9 Å². The van der Waals surface area contributed by atoms with Crippen molar-refractivity contribution < 1.29 is 9.90 Å². The lowest BCUT2D eigenvalue weighted by Crippen LogP contribution is -2.19. The molecule has 1 aromatic carbocycles. The number of phenolic OH excluding ortho intramolecular Hbond substituents is 1. The molecule has 27 heavy (non-hydrogen) atoms. The van der Waals surface area contributed by atoms with Crippen LogP contribution in [0.5, 0.6) is 5.75 Å². The number of nitrogens with zero attached hydrogens (tertiary/aromatic N) is 4. The lowest BCUT2D eigenvalue weighted by atomic mass is 9.87. The molecule has 7 nitrogen and oxygen atoms in total. The molecule has 0 atom stereocenters. The third-order valence-electron chi connectivity index (χ3n) is 5.22. The number of benzene rings is 1. The second-order valence-corrected chi connectivity index (χ2v) is 6.96. The van der Waals surface area contributed by atoms with Crippen LogP contribution in [0.3, 0.4) is 0 Å². The zero-order valence-corrected chi connectivity index (χ0v) is 14.8. The monoisotopic (exact) mass is 363 g/mol. The Bertz CT molecular complexity index is 961. The molecule has 0 bridgehead atoms. The fourth-order valence-corrected chi connectivity index (χ4v) is 3.63. The van der Waals surface area contributed by atoms with Gasteiger partial charge >= 0.3 is 0 Å². The van der Waals surface area contributed by atoms with Crippen molar-refractivity contribution >= 4 is 12.1 Å². The Morgan fingerprint density at radius 1 is 1.11 bits per heavy atom. The maximum Gasteiger partial charge on any atom is 0.154 e. The highest BCUT2D eigenvalue weighted by molar-refractivity contribution is 5.78. The zero-order chi connectivity index (χ0) is 18.8. The van der Waals surface area contributed by atoms with Crippen LogP contribution in [0.4, 0.5) is 5.82 Å². The van der Waals surface area contributed by atoms with Crippen molar-refractivity contribution in [3.8, 4) is 28.1 Å². The van der Waals surface area contributed by atoms with Gasteiger partial charge in [-0.2, -0.15) is 5.10 Å². The highest BCUT2D eigenvalue weighted by atomic mass is 16.3. The molecule has 0 saturated heterocycles. The van der Waals surface area contributed by atoms with Gasteiger partial charge in [0, 0.05) is 28.8 Å². The number of anilines is 1. The van der Waals surface area contributed by atoms with Gasteiger partial charge in [0.05, 0.1) is 17.9 Å². The highest BCUT2D eigenvalue weighted by Crippen LogP contribution is 2.34. The number of aromatic nitrogens is 4. The Morgan fingerprint density at radius 3 is 2.63 bits per heavy atom. The topological polar surface area (TPSA) is 107 Å². The van der Waals surface area contributed by atoms with E-state index in [2.05, 4.69) is 15.3 Å². The molecule has 2 heterocycles. The Balaban J connectivity index is 1.63. The second-order valence-electron chi connectivity index (χ2n) is 6.96. The molecule has 4 rings (SSSR count). The number of rotatable bonds is 4. The number of carbonyl (C=O) groups excluding carboxylic acids is 1. The van der Waals surface area contributed by atoms with Crippen molar-refractivity contribution in [3.63, 3.8) is 0 Å². The average molecular weight is 363 g/mol. The van der Waals surface area contributed by atoms with Crippen LogP contribution in [0.15, 0.2) is 42.7 Å². The summed E-state index contributed by atoms with van der Waals surface area (Å²) in [6.45, 7) is 0. The molecule has 1 fully saturated rings. The molecule has 3 aromatic rings. The number of aldehydes is 1. The summed E-state index contributed by atoms with van der Waals surface area (Å²) in [6.07, 6.45) is 8.49. The highest BCUT2D eigenvalue weighted by Gasteiger charge is 2.23. The van der Waals surface area contributed by atoms with E-state index in [-0.39, 0.29) is 11.7 Å². The minimum Gasteiger partial charge on any atom is -0.507 e. The maximum atomic E-state index is 10.9. The third-order valence-corrected chi connectivity index (χ3v) is 5.22.